The summed E-state index contributed by atoms with van der Waals surface area (Å²) in [6, 6.07) is 4.47. The van der Waals surface area contributed by atoms with Gasteiger partial charge in [-0.2, -0.15) is 10.5 Å². The van der Waals surface area contributed by atoms with E-state index < -0.39 is 5.54 Å². The first-order chi connectivity index (χ1) is 11.4. The molecule has 5 nitrogen and oxygen atoms in total. The van der Waals surface area contributed by atoms with Crippen molar-refractivity contribution in [2.45, 2.75) is 63.4 Å². The van der Waals surface area contributed by atoms with Gasteiger partial charge in [-0.1, -0.05) is 31.0 Å². The lowest BCUT2D eigenvalue weighted by Crippen LogP contribution is -2.49. The van der Waals surface area contributed by atoms with Crippen molar-refractivity contribution in [3.8, 4) is 12.1 Å². The maximum absolute atomic E-state index is 12.3. The van der Waals surface area contributed by atoms with E-state index in [1.807, 2.05) is 20.8 Å². The van der Waals surface area contributed by atoms with Gasteiger partial charge in [0.15, 0.2) is 0 Å². The summed E-state index contributed by atoms with van der Waals surface area (Å²) in [5.74, 6) is -0.0161. The maximum atomic E-state index is 12.3. The van der Waals surface area contributed by atoms with Gasteiger partial charge in [0.25, 0.3) is 0 Å². The van der Waals surface area contributed by atoms with Crippen LogP contribution in [-0.4, -0.2) is 22.2 Å². The number of carbonyl (C=O) groups is 1. The number of pyridine rings is 1. The van der Waals surface area contributed by atoms with Crippen molar-refractivity contribution in [1.82, 2.24) is 10.3 Å². The highest BCUT2D eigenvalue weighted by Gasteiger charge is 2.33. The zero-order valence-corrected chi connectivity index (χ0v) is 15.2. The lowest BCUT2D eigenvalue weighted by Gasteiger charge is -2.31. The molecule has 1 aromatic heterocycles. The van der Waals surface area contributed by atoms with Crippen LogP contribution in [0.25, 0.3) is 0 Å². The van der Waals surface area contributed by atoms with Gasteiger partial charge in [-0.15, -0.1) is 0 Å². The first kappa shape index (κ1) is 18.3. The molecule has 6 heteroatoms. The molecule has 1 aliphatic rings. The van der Waals surface area contributed by atoms with Crippen molar-refractivity contribution in [3.63, 3.8) is 0 Å². The molecule has 0 aromatic carbocycles. The summed E-state index contributed by atoms with van der Waals surface area (Å²) in [5.41, 5.74) is 2.60. The molecule has 126 valence electrons. The Bertz CT molecular complexity index is 724. The summed E-state index contributed by atoms with van der Waals surface area (Å²) in [7, 11) is 0. The third-order valence-electron chi connectivity index (χ3n) is 4.71. The molecule has 1 amide bonds. The fraction of sp³-hybridized carbons (Fsp3) is 0.556. The second kappa shape index (κ2) is 7.68. The Kier molecular flexibility index (Phi) is 5.85. The van der Waals surface area contributed by atoms with Crippen molar-refractivity contribution in [2.75, 3.05) is 5.75 Å². The van der Waals surface area contributed by atoms with Gasteiger partial charge in [0, 0.05) is 5.69 Å². The van der Waals surface area contributed by atoms with Gasteiger partial charge in [-0.25, -0.2) is 4.98 Å². The molecule has 1 N–H and O–H groups in total. The highest BCUT2D eigenvalue weighted by molar-refractivity contribution is 8.00. The summed E-state index contributed by atoms with van der Waals surface area (Å²) in [4.78, 5) is 16.7. The Morgan fingerprint density at radius 3 is 2.46 bits per heavy atom. The third kappa shape index (κ3) is 3.88. The number of hydrogen-bond acceptors (Lipinski definition) is 5. The number of aromatic nitrogens is 1. The van der Waals surface area contributed by atoms with E-state index in [0.29, 0.717) is 23.4 Å². The Labute approximate surface area is 147 Å². The van der Waals surface area contributed by atoms with Crippen molar-refractivity contribution >= 4 is 17.7 Å². The summed E-state index contributed by atoms with van der Waals surface area (Å²) in [6.45, 7) is 5.75. The molecule has 1 aromatic rings. The van der Waals surface area contributed by atoms with Crippen molar-refractivity contribution in [2.24, 2.45) is 0 Å². The molecule has 1 saturated carbocycles. The van der Waals surface area contributed by atoms with Crippen LogP contribution in [-0.2, 0) is 4.79 Å². The molecular weight excluding hydrogens is 320 g/mol. The Morgan fingerprint density at radius 1 is 1.21 bits per heavy atom. The molecule has 2 rings (SSSR count). The van der Waals surface area contributed by atoms with E-state index in [2.05, 4.69) is 22.4 Å². The average molecular weight is 342 g/mol. The number of nitrogens with one attached hydrogen (secondary N) is 1. The van der Waals surface area contributed by atoms with E-state index >= 15 is 0 Å². The molecule has 0 unspecified atom stereocenters. The average Bonchev–Trinajstić information content (AvgIpc) is 2.58. The zero-order chi connectivity index (χ0) is 17.7. The van der Waals surface area contributed by atoms with Crippen LogP contribution in [0.3, 0.4) is 0 Å². The highest BCUT2D eigenvalue weighted by Crippen LogP contribution is 2.29. The van der Waals surface area contributed by atoms with E-state index in [9.17, 15) is 15.3 Å². The van der Waals surface area contributed by atoms with Crippen molar-refractivity contribution < 1.29 is 4.79 Å². The van der Waals surface area contributed by atoms with Crippen LogP contribution in [0.5, 0.6) is 0 Å². The Balaban J connectivity index is 2.07. The molecule has 0 radical (unpaired) electrons. The van der Waals surface area contributed by atoms with Crippen LogP contribution in [0, 0.1) is 43.4 Å². The predicted molar refractivity (Wildman–Crippen MR) is 93.5 cm³/mol. The molecule has 1 fully saturated rings. The lowest BCUT2D eigenvalue weighted by atomic mass is 9.83. The largest absolute Gasteiger partial charge is 0.337 e. The van der Waals surface area contributed by atoms with Crippen molar-refractivity contribution in [3.05, 3.63) is 22.4 Å². The summed E-state index contributed by atoms with van der Waals surface area (Å²) >= 11 is 1.26. The molecule has 0 bridgehead atoms. The van der Waals surface area contributed by atoms with E-state index in [0.717, 1.165) is 36.1 Å². The van der Waals surface area contributed by atoms with E-state index in [-0.39, 0.29) is 11.7 Å². The third-order valence-corrected chi connectivity index (χ3v) is 5.69. The van der Waals surface area contributed by atoms with Gasteiger partial charge in [0.2, 0.25) is 5.91 Å². The molecule has 0 saturated heterocycles. The van der Waals surface area contributed by atoms with E-state index in [1.54, 1.807) is 0 Å². The topological polar surface area (TPSA) is 89.6 Å². The van der Waals surface area contributed by atoms with Crippen LogP contribution in [0.15, 0.2) is 5.03 Å². The second-order valence-electron chi connectivity index (χ2n) is 6.33. The first-order valence-corrected chi connectivity index (χ1v) is 9.14. The lowest BCUT2D eigenvalue weighted by molar-refractivity contribution is -0.120. The molecular formula is C18H22N4OS. The SMILES string of the molecule is Cc1nc(SCC(=O)NC2(C#N)CCCCC2)c(C#N)c(C)c1C. The summed E-state index contributed by atoms with van der Waals surface area (Å²) in [6.07, 6.45) is 4.48. The number of nitriles is 2. The monoisotopic (exact) mass is 342 g/mol. The fourth-order valence-corrected chi connectivity index (χ4v) is 3.89. The highest BCUT2D eigenvalue weighted by atomic mass is 32.2. The standard InChI is InChI=1S/C18H22N4OS/c1-12-13(2)15(9-19)17(21-14(12)3)24-10-16(23)22-18(11-20)7-5-4-6-8-18/h4-8,10H2,1-3H3,(H,22,23). The molecule has 0 aliphatic heterocycles. The normalized spacial score (nSPS) is 16.0. The number of thioether (sulfide) groups is 1. The van der Waals surface area contributed by atoms with Crippen LogP contribution in [0.1, 0.15) is 54.5 Å². The van der Waals surface area contributed by atoms with Gasteiger partial charge in [-0.3, -0.25) is 4.79 Å². The number of rotatable bonds is 4. The number of hydrogen-bond donors (Lipinski definition) is 1. The number of nitrogens with zero attached hydrogens (tertiary/aromatic N) is 3. The van der Waals surface area contributed by atoms with Crippen LogP contribution in [0.2, 0.25) is 0 Å². The van der Waals surface area contributed by atoms with Gasteiger partial charge in [0.1, 0.15) is 16.6 Å². The Morgan fingerprint density at radius 2 is 1.88 bits per heavy atom. The first-order valence-electron chi connectivity index (χ1n) is 8.15. The van der Waals surface area contributed by atoms with Crippen molar-refractivity contribution in [1.29, 1.82) is 10.5 Å². The summed E-state index contributed by atoms with van der Waals surface area (Å²) in [5, 5.41) is 22.3. The smallest absolute Gasteiger partial charge is 0.231 e. The predicted octanol–water partition coefficient (Wildman–Crippen LogP) is 3.31. The Hall–Kier alpha value is -2.05. The minimum Gasteiger partial charge on any atom is -0.337 e. The number of amides is 1. The molecule has 0 spiro atoms. The van der Waals surface area contributed by atoms with Crippen LogP contribution < -0.4 is 5.32 Å². The second-order valence-corrected chi connectivity index (χ2v) is 7.29. The maximum Gasteiger partial charge on any atom is 0.231 e. The quantitative estimate of drug-likeness (QED) is 0.848. The van der Waals surface area contributed by atoms with E-state index in [4.69, 9.17) is 0 Å². The zero-order valence-electron chi connectivity index (χ0n) is 14.4. The van der Waals surface area contributed by atoms with Gasteiger partial charge in [-0.05, 0) is 44.7 Å². The van der Waals surface area contributed by atoms with Gasteiger partial charge < -0.3 is 5.32 Å². The van der Waals surface area contributed by atoms with E-state index in [1.165, 1.54) is 11.8 Å². The minimum absolute atomic E-state index is 0.160. The molecule has 1 aliphatic carbocycles. The summed E-state index contributed by atoms with van der Waals surface area (Å²) < 4.78 is 0. The minimum atomic E-state index is -0.722. The molecule has 0 atom stereocenters. The number of aryl methyl sites for hydroxylation is 1. The van der Waals surface area contributed by atoms with Gasteiger partial charge >= 0.3 is 0 Å². The molecule has 24 heavy (non-hydrogen) atoms. The number of carbonyl (C=O) groups excluding carboxylic acids is 1. The fourth-order valence-electron chi connectivity index (χ4n) is 3.00. The van der Waals surface area contributed by atoms with Crippen LogP contribution in [0.4, 0.5) is 0 Å². The molecule has 1 heterocycles. The van der Waals surface area contributed by atoms with Crippen LogP contribution >= 0.6 is 11.8 Å². The van der Waals surface area contributed by atoms with Gasteiger partial charge in [0.05, 0.1) is 17.4 Å².